The molecule has 0 fully saturated rings. The molecule has 1 heterocycles. The molecule has 6 heteroatoms. The second-order valence-electron chi connectivity index (χ2n) is 6.52. The fraction of sp³-hybridized carbons (Fsp3) is 0.611. The summed E-state index contributed by atoms with van der Waals surface area (Å²) in [5.74, 6) is 0.0709. The molecule has 1 rings (SSSR count). The molecule has 0 unspecified atom stereocenters. The van der Waals surface area contributed by atoms with Crippen molar-refractivity contribution in [2.75, 3.05) is 25.1 Å². The summed E-state index contributed by atoms with van der Waals surface area (Å²) in [6.07, 6.45) is 4.27. The number of pyridine rings is 1. The molecule has 24 heavy (non-hydrogen) atoms. The molecular weight excluding hydrogens is 306 g/mol. The van der Waals surface area contributed by atoms with Crippen LogP contribution in [-0.4, -0.2) is 30.7 Å². The molecule has 0 amide bonds. The van der Waals surface area contributed by atoms with E-state index in [1.165, 1.54) is 0 Å². The standard InChI is InChI=1S/C18H27N3O3/c1-5-6-9-20-15-8-10-21-16(14(15)13-19)23-11-7-12-24-17(22)18(2,3)4/h8,10H,5-7,9,11-12H2,1-4H3,(H,20,21). The van der Waals surface area contributed by atoms with Crippen molar-refractivity contribution in [1.82, 2.24) is 4.98 Å². The first-order valence-electron chi connectivity index (χ1n) is 8.33. The number of unbranched alkanes of at least 4 members (excludes halogenated alkanes) is 1. The van der Waals surface area contributed by atoms with Crippen LogP contribution in [0.1, 0.15) is 52.5 Å². The lowest BCUT2D eigenvalue weighted by Crippen LogP contribution is -2.23. The van der Waals surface area contributed by atoms with Gasteiger partial charge in [-0.3, -0.25) is 4.79 Å². The number of rotatable bonds is 9. The van der Waals surface area contributed by atoms with Crippen molar-refractivity contribution in [2.45, 2.75) is 47.0 Å². The predicted octanol–water partition coefficient (Wildman–Crippen LogP) is 3.52. The van der Waals surface area contributed by atoms with Crippen molar-refractivity contribution in [2.24, 2.45) is 5.41 Å². The zero-order valence-electron chi connectivity index (χ0n) is 15.0. The van der Waals surface area contributed by atoms with E-state index in [-0.39, 0.29) is 12.6 Å². The number of hydrogen-bond donors (Lipinski definition) is 1. The number of nitrogens with one attached hydrogen (secondary N) is 1. The first-order chi connectivity index (χ1) is 11.4. The summed E-state index contributed by atoms with van der Waals surface area (Å²) in [5.41, 5.74) is 0.630. The van der Waals surface area contributed by atoms with Gasteiger partial charge in [-0.2, -0.15) is 5.26 Å². The fourth-order valence-corrected chi connectivity index (χ4v) is 1.82. The van der Waals surface area contributed by atoms with Gasteiger partial charge in [0.2, 0.25) is 5.88 Å². The maximum Gasteiger partial charge on any atom is 0.311 e. The molecule has 0 atom stereocenters. The Morgan fingerprint density at radius 3 is 2.71 bits per heavy atom. The smallest absolute Gasteiger partial charge is 0.311 e. The Morgan fingerprint density at radius 2 is 2.08 bits per heavy atom. The summed E-state index contributed by atoms with van der Waals surface area (Å²) in [5, 5.41) is 12.6. The molecule has 132 valence electrons. The third-order valence-electron chi connectivity index (χ3n) is 3.25. The van der Waals surface area contributed by atoms with Crippen molar-refractivity contribution in [3.63, 3.8) is 0 Å². The number of aromatic nitrogens is 1. The number of nitriles is 1. The molecule has 1 aromatic rings. The average molecular weight is 333 g/mol. The van der Waals surface area contributed by atoms with Gasteiger partial charge in [-0.05, 0) is 33.3 Å². The number of esters is 1. The van der Waals surface area contributed by atoms with Gasteiger partial charge < -0.3 is 14.8 Å². The lowest BCUT2D eigenvalue weighted by molar-refractivity contribution is -0.153. The van der Waals surface area contributed by atoms with Gasteiger partial charge in [0.25, 0.3) is 0 Å². The SMILES string of the molecule is CCCCNc1ccnc(OCCCOC(=O)C(C)(C)C)c1C#N. The fourth-order valence-electron chi connectivity index (χ4n) is 1.82. The topological polar surface area (TPSA) is 84.2 Å². The van der Waals surface area contributed by atoms with E-state index in [1.54, 1.807) is 12.3 Å². The maximum absolute atomic E-state index is 11.6. The number of carbonyl (C=O) groups is 1. The molecule has 0 bridgehead atoms. The molecule has 1 aromatic heterocycles. The van der Waals surface area contributed by atoms with E-state index in [4.69, 9.17) is 9.47 Å². The Balaban J connectivity index is 2.49. The van der Waals surface area contributed by atoms with Gasteiger partial charge in [0.15, 0.2) is 0 Å². The van der Waals surface area contributed by atoms with Gasteiger partial charge in [0.1, 0.15) is 11.6 Å². The molecule has 0 saturated carbocycles. The van der Waals surface area contributed by atoms with Crippen LogP contribution in [0.25, 0.3) is 0 Å². The average Bonchev–Trinajstić information content (AvgIpc) is 2.53. The van der Waals surface area contributed by atoms with E-state index in [2.05, 4.69) is 23.3 Å². The van der Waals surface area contributed by atoms with Gasteiger partial charge in [-0.1, -0.05) is 13.3 Å². The highest BCUT2D eigenvalue weighted by Gasteiger charge is 2.22. The highest BCUT2D eigenvalue weighted by atomic mass is 16.5. The van der Waals surface area contributed by atoms with Gasteiger partial charge in [0.05, 0.1) is 24.3 Å². The Hall–Kier alpha value is -2.29. The molecule has 0 aliphatic heterocycles. The Kier molecular flexibility index (Phi) is 8.03. The molecule has 6 nitrogen and oxygen atoms in total. The summed E-state index contributed by atoms with van der Waals surface area (Å²) < 4.78 is 10.8. The molecular formula is C18H27N3O3. The van der Waals surface area contributed by atoms with E-state index in [9.17, 15) is 10.1 Å². The maximum atomic E-state index is 11.6. The van der Waals surface area contributed by atoms with Gasteiger partial charge in [0, 0.05) is 19.2 Å². The first-order valence-corrected chi connectivity index (χ1v) is 8.33. The summed E-state index contributed by atoms with van der Waals surface area (Å²) in [6.45, 7) is 8.96. The normalized spacial score (nSPS) is 10.8. The van der Waals surface area contributed by atoms with E-state index in [1.807, 2.05) is 20.8 Å². The van der Waals surface area contributed by atoms with Crippen molar-refractivity contribution in [3.8, 4) is 11.9 Å². The highest BCUT2D eigenvalue weighted by Crippen LogP contribution is 2.23. The quantitative estimate of drug-likeness (QED) is 0.550. The first kappa shape index (κ1) is 19.8. The molecule has 0 saturated heterocycles. The second kappa shape index (κ2) is 9.76. The van der Waals surface area contributed by atoms with E-state index < -0.39 is 5.41 Å². The third-order valence-corrected chi connectivity index (χ3v) is 3.25. The lowest BCUT2D eigenvalue weighted by atomic mass is 9.97. The summed E-state index contributed by atoms with van der Waals surface area (Å²) in [6, 6.07) is 3.90. The van der Waals surface area contributed by atoms with E-state index >= 15 is 0 Å². The van der Waals surface area contributed by atoms with Crippen molar-refractivity contribution < 1.29 is 14.3 Å². The summed E-state index contributed by atoms with van der Waals surface area (Å²) >= 11 is 0. The van der Waals surface area contributed by atoms with Crippen LogP contribution < -0.4 is 10.1 Å². The predicted molar refractivity (Wildman–Crippen MR) is 92.9 cm³/mol. The number of hydrogen-bond acceptors (Lipinski definition) is 6. The summed E-state index contributed by atoms with van der Waals surface area (Å²) in [7, 11) is 0. The Labute approximate surface area is 144 Å². The van der Waals surface area contributed by atoms with Crippen LogP contribution in [0.3, 0.4) is 0 Å². The molecule has 0 aliphatic carbocycles. The van der Waals surface area contributed by atoms with Gasteiger partial charge in [-0.15, -0.1) is 0 Å². The van der Waals surface area contributed by atoms with Crippen molar-refractivity contribution in [1.29, 1.82) is 5.26 Å². The largest absolute Gasteiger partial charge is 0.477 e. The van der Waals surface area contributed by atoms with Crippen LogP contribution >= 0.6 is 0 Å². The number of anilines is 1. The van der Waals surface area contributed by atoms with Crippen LogP contribution in [0.4, 0.5) is 5.69 Å². The number of ether oxygens (including phenoxy) is 2. The zero-order valence-corrected chi connectivity index (χ0v) is 15.0. The third kappa shape index (κ3) is 6.45. The minimum atomic E-state index is -0.505. The van der Waals surface area contributed by atoms with E-state index in [0.29, 0.717) is 24.5 Å². The Morgan fingerprint density at radius 1 is 1.33 bits per heavy atom. The van der Waals surface area contributed by atoms with Crippen molar-refractivity contribution in [3.05, 3.63) is 17.8 Å². The van der Waals surface area contributed by atoms with Crippen LogP contribution in [-0.2, 0) is 9.53 Å². The monoisotopic (exact) mass is 333 g/mol. The molecule has 0 spiro atoms. The van der Waals surface area contributed by atoms with Crippen LogP contribution in [0.2, 0.25) is 0 Å². The molecule has 0 aromatic carbocycles. The van der Waals surface area contributed by atoms with E-state index in [0.717, 1.165) is 25.1 Å². The summed E-state index contributed by atoms with van der Waals surface area (Å²) in [4.78, 5) is 15.8. The number of nitrogens with zero attached hydrogens (tertiary/aromatic N) is 2. The van der Waals surface area contributed by atoms with Crippen LogP contribution in [0, 0.1) is 16.7 Å². The molecule has 0 radical (unpaired) electrons. The minimum absolute atomic E-state index is 0.236. The number of carbonyl (C=O) groups excluding carboxylic acids is 1. The van der Waals surface area contributed by atoms with Crippen LogP contribution in [0.5, 0.6) is 5.88 Å². The second-order valence-corrected chi connectivity index (χ2v) is 6.52. The van der Waals surface area contributed by atoms with Gasteiger partial charge >= 0.3 is 5.97 Å². The van der Waals surface area contributed by atoms with Crippen molar-refractivity contribution >= 4 is 11.7 Å². The molecule has 1 N–H and O–H groups in total. The molecule has 0 aliphatic rings. The zero-order chi connectivity index (χ0) is 18.0. The Bertz CT molecular complexity index is 574. The van der Waals surface area contributed by atoms with Gasteiger partial charge in [-0.25, -0.2) is 4.98 Å². The highest BCUT2D eigenvalue weighted by molar-refractivity contribution is 5.75. The van der Waals surface area contributed by atoms with Crippen LogP contribution in [0.15, 0.2) is 12.3 Å². The lowest BCUT2D eigenvalue weighted by Gasteiger charge is -2.16. The minimum Gasteiger partial charge on any atom is -0.477 e.